The molecule has 6 rings (SSSR count). The first-order valence-corrected chi connectivity index (χ1v) is 13.5. The number of pyridine rings is 1. The van der Waals surface area contributed by atoms with E-state index in [4.69, 9.17) is 4.98 Å². The fraction of sp³-hybridized carbons (Fsp3) is 0.0968. The highest BCUT2D eigenvalue weighted by atomic mass is 79.9. The van der Waals surface area contributed by atoms with Gasteiger partial charge in [-0.1, -0.05) is 80.4 Å². The van der Waals surface area contributed by atoms with Crippen molar-refractivity contribution in [3.05, 3.63) is 115 Å². The lowest BCUT2D eigenvalue weighted by Crippen LogP contribution is -2.11. The van der Waals surface area contributed by atoms with Crippen molar-refractivity contribution in [3.8, 4) is 6.07 Å². The van der Waals surface area contributed by atoms with Crippen LogP contribution >= 0.6 is 31.9 Å². The van der Waals surface area contributed by atoms with Crippen molar-refractivity contribution < 1.29 is 0 Å². The highest BCUT2D eigenvalue weighted by Crippen LogP contribution is 2.40. The third-order valence-corrected chi connectivity index (χ3v) is 7.76. The van der Waals surface area contributed by atoms with E-state index in [2.05, 4.69) is 115 Å². The number of fused-ring (bicyclic) bond motifs is 4. The zero-order valence-electron chi connectivity index (χ0n) is 19.4. The fourth-order valence-electron chi connectivity index (χ4n) is 5.09. The number of allylic oxidation sites excluding steroid dienone is 1. The zero-order chi connectivity index (χ0) is 24.6. The number of nitriles is 1. The van der Waals surface area contributed by atoms with Gasteiger partial charge in [-0.25, -0.2) is 4.98 Å². The van der Waals surface area contributed by atoms with Crippen LogP contribution in [0.25, 0.3) is 40.5 Å². The summed E-state index contributed by atoms with van der Waals surface area (Å²) < 4.78 is 4.28. The predicted molar refractivity (Wildman–Crippen MR) is 155 cm³/mol. The highest BCUT2D eigenvalue weighted by Gasteiger charge is 2.26. The number of para-hydroxylation sites is 2. The maximum Gasteiger partial charge on any atom is 0.157 e. The maximum atomic E-state index is 10.4. The number of nitrogens with zero attached hydrogens (tertiary/aromatic N) is 3. The standard InChI is InChI=1S/C31H21Br2N3/c32-23-13-8-20(9-14-23)12-17-28-25-5-3-4-22(18-21-10-15-24(33)16-11-21)30(25)26(19-34)31-35-27-6-1-2-7-29(27)36(28)31/h1-2,6-18H,3-5H2/b17-12+,22-18-. The number of benzene rings is 3. The second-order valence-electron chi connectivity index (χ2n) is 8.94. The van der Waals surface area contributed by atoms with Crippen LogP contribution in [0.2, 0.25) is 0 Å². The van der Waals surface area contributed by atoms with Crippen molar-refractivity contribution in [2.24, 2.45) is 0 Å². The van der Waals surface area contributed by atoms with Gasteiger partial charge in [0.2, 0.25) is 0 Å². The van der Waals surface area contributed by atoms with Gasteiger partial charge in [0, 0.05) is 14.5 Å². The molecule has 0 N–H and O–H groups in total. The topological polar surface area (TPSA) is 41.1 Å². The molecule has 0 bridgehead atoms. The molecule has 0 unspecified atom stereocenters. The molecule has 3 nitrogen and oxygen atoms in total. The van der Waals surface area contributed by atoms with E-state index in [0.29, 0.717) is 5.56 Å². The van der Waals surface area contributed by atoms with E-state index in [0.717, 1.165) is 67.3 Å². The van der Waals surface area contributed by atoms with E-state index in [1.165, 1.54) is 11.1 Å². The molecule has 0 radical (unpaired) electrons. The van der Waals surface area contributed by atoms with Gasteiger partial charge >= 0.3 is 0 Å². The van der Waals surface area contributed by atoms with E-state index in [-0.39, 0.29) is 0 Å². The van der Waals surface area contributed by atoms with Gasteiger partial charge in [-0.3, -0.25) is 4.40 Å². The van der Waals surface area contributed by atoms with E-state index in [1.54, 1.807) is 0 Å². The number of rotatable bonds is 3. The average molecular weight is 595 g/mol. The van der Waals surface area contributed by atoms with Crippen molar-refractivity contribution in [2.45, 2.75) is 19.3 Å². The van der Waals surface area contributed by atoms with E-state index in [1.807, 2.05) is 18.2 Å². The molecule has 3 aromatic carbocycles. The number of imidazole rings is 1. The van der Waals surface area contributed by atoms with Gasteiger partial charge in [-0.2, -0.15) is 5.26 Å². The smallest absolute Gasteiger partial charge is 0.157 e. The van der Waals surface area contributed by atoms with Crippen LogP contribution in [0.4, 0.5) is 0 Å². The normalized spacial score (nSPS) is 14.5. The molecule has 1 aliphatic rings. The summed E-state index contributed by atoms with van der Waals surface area (Å²) in [4.78, 5) is 4.94. The summed E-state index contributed by atoms with van der Waals surface area (Å²) in [5.41, 5.74) is 10.1. The summed E-state index contributed by atoms with van der Waals surface area (Å²) in [6, 6.07) is 27.3. The van der Waals surface area contributed by atoms with Gasteiger partial charge in [0.05, 0.1) is 16.7 Å². The zero-order valence-corrected chi connectivity index (χ0v) is 22.6. The summed E-state index contributed by atoms with van der Waals surface area (Å²) in [5.74, 6) is 0. The van der Waals surface area contributed by atoms with Gasteiger partial charge < -0.3 is 0 Å². The molecule has 0 spiro atoms. The Balaban J connectivity index is 1.65. The largest absolute Gasteiger partial charge is 0.291 e. The summed E-state index contributed by atoms with van der Waals surface area (Å²) in [7, 11) is 0. The van der Waals surface area contributed by atoms with E-state index < -0.39 is 0 Å². The van der Waals surface area contributed by atoms with Crippen molar-refractivity contribution >= 4 is 72.3 Å². The van der Waals surface area contributed by atoms with Crippen molar-refractivity contribution in [2.75, 3.05) is 0 Å². The molecule has 0 fully saturated rings. The third kappa shape index (κ3) is 4.11. The first-order valence-electron chi connectivity index (χ1n) is 11.9. The van der Waals surface area contributed by atoms with Gasteiger partial charge in [-0.15, -0.1) is 0 Å². The quantitative estimate of drug-likeness (QED) is 0.209. The van der Waals surface area contributed by atoms with Crippen LogP contribution in [0.5, 0.6) is 0 Å². The molecule has 0 saturated heterocycles. The fourth-order valence-corrected chi connectivity index (χ4v) is 5.61. The maximum absolute atomic E-state index is 10.4. The Kier molecular flexibility index (Phi) is 6.08. The number of hydrogen-bond acceptors (Lipinski definition) is 2. The Morgan fingerprint density at radius 2 is 1.53 bits per heavy atom. The van der Waals surface area contributed by atoms with Gasteiger partial charge in [0.25, 0.3) is 0 Å². The lowest BCUT2D eigenvalue weighted by Gasteiger charge is -2.24. The van der Waals surface area contributed by atoms with Crippen LogP contribution in [0.3, 0.4) is 0 Å². The molecule has 0 aliphatic heterocycles. The SMILES string of the molecule is N#Cc1c2c(c(/C=C/c3ccc(Br)cc3)n3c1nc1ccccc13)CCC/C2=C/c1ccc(Br)cc1. The molecule has 5 aromatic rings. The Hall–Kier alpha value is -3.46. The summed E-state index contributed by atoms with van der Waals surface area (Å²) in [6.07, 6.45) is 9.46. The van der Waals surface area contributed by atoms with Gasteiger partial charge in [-0.05, 0) is 84.0 Å². The molecule has 1 aliphatic carbocycles. The van der Waals surface area contributed by atoms with E-state index >= 15 is 0 Å². The minimum atomic E-state index is 0.657. The predicted octanol–water partition coefficient (Wildman–Crippen LogP) is 8.93. The third-order valence-electron chi connectivity index (χ3n) is 6.71. The van der Waals surface area contributed by atoms with Crippen molar-refractivity contribution in [1.82, 2.24) is 9.38 Å². The van der Waals surface area contributed by atoms with Crippen LogP contribution in [0, 0.1) is 11.3 Å². The van der Waals surface area contributed by atoms with Crippen molar-refractivity contribution in [3.63, 3.8) is 0 Å². The van der Waals surface area contributed by atoms with Crippen LogP contribution < -0.4 is 0 Å². The summed E-state index contributed by atoms with van der Waals surface area (Å²) in [6.45, 7) is 0. The lowest BCUT2D eigenvalue weighted by molar-refractivity contribution is 0.813. The number of aromatic nitrogens is 2. The Labute approximate surface area is 226 Å². The van der Waals surface area contributed by atoms with Crippen LogP contribution in [-0.4, -0.2) is 9.38 Å². The van der Waals surface area contributed by atoms with Gasteiger partial charge in [0.1, 0.15) is 11.6 Å². The molecular weight excluding hydrogens is 574 g/mol. The van der Waals surface area contributed by atoms with Crippen LogP contribution in [0.1, 0.15) is 46.4 Å². The minimum Gasteiger partial charge on any atom is -0.291 e. The monoisotopic (exact) mass is 593 g/mol. The molecule has 36 heavy (non-hydrogen) atoms. The van der Waals surface area contributed by atoms with Gasteiger partial charge in [0.15, 0.2) is 5.65 Å². The highest BCUT2D eigenvalue weighted by molar-refractivity contribution is 9.10. The van der Waals surface area contributed by atoms with Crippen LogP contribution in [-0.2, 0) is 6.42 Å². The average Bonchev–Trinajstić information content (AvgIpc) is 3.28. The van der Waals surface area contributed by atoms with Crippen LogP contribution in [0.15, 0.2) is 81.7 Å². The molecule has 0 saturated carbocycles. The first kappa shape index (κ1) is 23.0. The Morgan fingerprint density at radius 3 is 2.25 bits per heavy atom. The first-order chi connectivity index (χ1) is 17.6. The minimum absolute atomic E-state index is 0.657. The lowest BCUT2D eigenvalue weighted by atomic mass is 9.83. The molecule has 0 amide bonds. The van der Waals surface area contributed by atoms with E-state index in [9.17, 15) is 5.26 Å². The molecule has 2 aromatic heterocycles. The van der Waals surface area contributed by atoms with Crippen molar-refractivity contribution in [1.29, 1.82) is 5.26 Å². The summed E-state index contributed by atoms with van der Waals surface area (Å²) in [5, 5.41) is 10.4. The molecular formula is C31H21Br2N3. The molecule has 2 heterocycles. The Bertz CT molecular complexity index is 1720. The molecule has 174 valence electrons. The number of hydrogen-bond donors (Lipinski definition) is 0. The Morgan fingerprint density at radius 1 is 0.833 bits per heavy atom. The second kappa shape index (κ2) is 9.54. The summed E-state index contributed by atoms with van der Waals surface area (Å²) >= 11 is 7.05. The number of halogens is 2. The second-order valence-corrected chi connectivity index (χ2v) is 10.8. The molecule has 5 heteroatoms. The molecule has 0 atom stereocenters.